The maximum atomic E-state index is 12.3. The molecule has 1 aromatic rings. The first kappa shape index (κ1) is 16.6. The average molecular weight is 298 g/mol. The molecule has 3 nitrogen and oxygen atoms in total. The zero-order valence-corrected chi connectivity index (χ0v) is 13.9. The number of carbonyl (C=O) groups is 1. The van der Waals surface area contributed by atoms with E-state index in [1.165, 1.54) is 5.56 Å². The minimum absolute atomic E-state index is 0.0938. The van der Waals surface area contributed by atoms with Crippen molar-refractivity contribution in [3.05, 3.63) is 29.8 Å². The highest BCUT2D eigenvalue weighted by atomic mass is 16.1. The van der Waals surface area contributed by atoms with Crippen LogP contribution in [0, 0.1) is 18.3 Å². The molecule has 0 radical (unpaired) electrons. The molecule has 0 atom stereocenters. The zero-order valence-electron chi connectivity index (χ0n) is 13.9. The van der Waals surface area contributed by atoms with Gasteiger partial charge in [0.2, 0.25) is 5.91 Å². The van der Waals surface area contributed by atoms with Crippen molar-refractivity contribution in [1.82, 2.24) is 4.90 Å². The van der Waals surface area contributed by atoms with Crippen LogP contribution in [-0.2, 0) is 10.2 Å². The summed E-state index contributed by atoms with van der Waals surface area (Å²) in [6, 6.07) is 8.16. The normalized spacial score (nSPS) is 17.0. The first-order chi connectivity index (χ1) is 10.4. The van der Waals surface area contributed by atoms with Gasteiger partial charge in [-0.3, -0.25) is 9.69 Å². The molecule has 3 heteroatoms. The Labute approximate surface area is 134 Å². The number of rotatable bonds is 3. The highest BCUT2D eigenvalue weighted by molar-refractivity contribution is 5.92. The molecule has 1 aromatic carbocycles. The molecule has 118 valence electrons. The van der Waals surface area contributed by atoms with E-state index in [0.717, 1.165) is 31.6 Å². The van der Waals surface area contributed by atoms with Crippen LogP contribution < -0.4 is 5.32 Å². The lowest BCUT2D eigenvalue weighted by Crippen LogP contribution is -2.38. The molecule has 1 N–H and O–H groups in total. The number of nitrogens with one attached hydrogen (secondary N) is 1. The first-order valence-corrected chi connectivity index (χ1v) is 7.97. The Morgan fingerprint density at radius 2 is 1.86 bits per heavy atom. The van der Waals surface area contributed by atoms with Gasteiger partial charge in [0, 0.05) is 11.6 Å². The standard InChI is InChI=1S/C19H26N2O/c1-5-12-21-13-10-15(11-14-21)18(22)20-17-8-6-16(7-9-17)19(2,3)4/h1,6-9,15H,10-14H2,2-4H3,(H,20,22). The molecule has 0 aliphatic carbocycles. The molecular weight excluding hydrogens is 272 g/mol. The molecule has 1 aliphatic rings. The summed E-state index contributed by atoms with van der Waals surface area (Å²) in [4.78, 5) is 14.6. The number of terminal acetylenes is 1. The van der Waals surface area contributed by atoms with E-state index >= 15 is 0 Å². The third kappa shape index (κ3) is 4.35. The van der Waals surface area contributed by atoms with Gasteiger partial charge >= 0.3 is 0 Å². The molecule has 1 heterocycles. The second-order valence-electron chi connectivity index (χ2n) is 7.07. The minimum atomic E-state index is 0.0938. The lowest BCUT2D eigenvalue weighted by Gasteiger charge is -2.29. The van der Waals surface area contributed by atoms with Gasteiger partial charge in [0.25, 0.3) is 0 Å². The monoisotopic (exact) mass is 298 g/mol. The summed E-state index contributed by atoms with van der Waals surface area (Å²) in [5.41, 5.74) is 2.28. The molecular formula is C19H26N2O. The quantitative estimate of drug-likeness (QED) is 0.869. The van der Waals surface area contributed by atoms with Gasteiger partial charge < -0.3 is 5.32 Å². The highest BCUT2D eigenvalue weighted by Crippen LogP contribution is 2.24. The molecule has 1 aliphatic heterocycles. The predicted octanol–water partition coefficient (Wildman–Crippen LogP) is 3.27. The Morgan fingerprint density at radius 3 is 2.36 bits per heavy atom. The van der Waals surface area contributed by atoms with Crippen molar-refractivity contribution in [2.24, 2.45) is 5.92 Å². The Morgan fingerprint density at radius 1 is 1.27 bits per heavy atom. The van der Waals surface area contributed by atoms with Crippen molar-refractivity contribution in [1.29, 1.82) is 0 Å². The molecule has 2 rings (SSSR count). The van der Waals surface area contributed by atoms with Crippen LogP contribution in [-0.4, -0.2) is 30.4 Å². The van der Waals surface area contributed by atoms with E-state index in [0.29, 0.717) is 6.54 Å². The number of anilines is 1. The topological polar surface area (TPSA) is 32.3 Å². The molecule has 0 saturated carbocycles. The first-order valence-electron chi connectivity index (χ1n) is 7.97. The molecule has 0 spiro atoms. The summed E-state index contributed by atoms with van der Waals surface area (Å²) >= 11 is 0. The third-order valence-electron chi connectivity index (χ3n) is 4.29. The van der Waals surface area contributed by atoms with Crippen LogP contribution in [0.1, 0.15) is 39.2 Å². The number of nitrogens with zero attached hydrogens (tertiary/aromatic N) is 1. The number of amides is 1. The Hall–Kier alpha value is -1.79. The number of hydrogen-bond donors (Lipinski definition) is 1. The van der Waals surface area contributed by atoms with E-state index < -0.39 is 0 Å². The number of benzene rings is 1. The number of hydrogen-bond acceptors (Lipinski definition) is 2. The van der Waals surface area contributed by atoms with E-state index in [9.17, 15) is 4.79 Å². The third-order valence-corrected chi connectivity index (χ3v) is 4.29. The second kappa shape index (κ2) is 6.98. The molecule has 1 fully saturated rings. The summed E-state index contributed by atoms with van der Waals surface area (Å²) in [6.07, 6.45) is 7.09. The van der Waals surface area contributed by atoms with Crippen molar-refractivity contribution in [2.45, 2.75) is 39.0 Å². The van der Waals surface area contributed by atoms with Gasteiger partial charge in [-0.1, -0.05) is 38.8 Å². The van der Waals surface area contributed by atoms with Crippen LogP contribution in [0.2, 0.25) is 0 Å². The van der Waals surface area contributed by atoms with Crippen LogP contribution >= 0.6 is 0 Å². The van der Waals surface area contributed by atoms with Gasteiger partial charge in [0.05, 0.1) is 6.54 Å². The van der Waals surface area contributed by atoms with Gasteiger partial charge in [0.15, 0.2) is 0 Å². The van der Waals surface area contributed by atoms with E-state index in [1.54, 1.807) is 0 Å². The van der Waals surface area contributed by atoms with Crippen LogP contribution in [0.5, 0.6) is 0 Å². The molecule has 0 aromatic heterocycles. The van der Waals surface area contributed by atoms with Crippen molar-refractivity contribution >= 4 is 11.6 Å². The number of carbonyl (C=O) groups excluding carboxylic acids is 1. The highest BCUT2D eigenvalue weighted by Gasteiger charge is 2.24. The van der Waals surface area contributed by atoms with Crippen LogP contribution in [0.4, 0.5) is 5.69 Å². The van der Waals surface area contributed by atoms with Crippen LogP contribution in [0.3, 0.4) is 0 Å². The SMILES string of the molecule is C#CCN1CCC(C(=O)Nc2ccc(C(C)(C)C)cc2)CC1. The van der Waals surface area contributed by atoms with Crippen molar-refractivity contribution < 1.29 is 4.79 Å². The van der Waals surface area contributed by atoms with Gasteiger partial charge in [-0.25, -0.2) is 0 Å². The molecule has 22 heavy (non-hydrogen) atoms. The summed E-state index contributed by atoms with van der Waals surface area (Å²) in [6.45, 7) is 9.05. The van der Waals surface area contributed by atoms with Crippen molar-refractivity contribution in [3.8, 4) is 12.3 Å². The molecule has 0 unspecified atom stereocenters. The van der Waals surface area contributed by atoms with Crippen molar-refractivity contribution in [2.75, 3.05) is 25.0 Å². The van der Waals surface area contributed by atoms with E-state index in [4.69, 9.17) is 6.42 Å². The van der Waals surface area contributed by atoms with Gasteiger partial charge in [-0.15, -0.1) is 6.42 Å². The molecule has 0 bridgehead atoms. The summed E-state index contributed by atoms with van der Waals surface area (Å²) in [7, 11) is 0. The van der Waals surface area contributed by atoms with E-state index in [2.05, 4.69) is 49.0 Å². The summed E-state index contributed by atoms with van der Waals surface area (Å²) < 4.78 is 0. The lowest BCUT2D eigenvalue weighted by molar-refractivity contribution is -0.121. The predicted molar refractivity (Wildman–Crippen MR) is 91.8 cm³/mol. The lowest BCUT2D eigenvalue weighted by atomic mass is 9.87. The smallest absolute Gasteiger partial charge is 0.227 e. The fourth-order valence-electron chi connectivity index (χ4n) is 2.78. The van der Waals surface area contributed by atoms with Gasteiger partial charge in [0.1, 0.15) is 0 Å². The number of piperidine rings is 1. The maximum Gasteiger partial charge on any atom is 0.227 e. The molecule has 1 saturated heterocycles. The maximum absolute atomic E-state index is 12.3. The Bertz CT molecular complexity index is 540. The Kier molecular flexibility index (Phi) is 5.26. The summed E-state index contributed by atoms with van der Waals surface area (Å²) in [5, 5.41) is 3.04. The summed E-state index contributed by atoms with van der Waals surface area (Å²) in [5.74, 6) is 2.89. The number of likely N-dealkylation sites (tertiary alicyclic amines) is 1. The zero-order chi connectivity index (χ0) is 16.2. The van der Waals surface area contributed by atoms with E-state index in [-0.39, 0.29) is 17.2 Å². The van der Waals surface area contributed by atoms with E-state index in [1.807, 2.05) is 12.1 Å². The van der Waals surface area contributed by atoms with Gasteiger partial charge in [-0.2, -0.15) is 0 Å². The largest absolute Gasteiger partial charge is 0.326 e. The van der Waals surface area contributed by atoms with Crippen LogP contribution in [0.25, 0.3) is 0 Å². The van der Waals surface area contributed by atoms with Crippen LogP contribution in [0.15, 0.2) is 24.3 Å². The molecule has 1 amide bonds. The minimum Gasteiger partial charge on any atom is -0.326 e. The Balaban J connectivity index is 1.89. The van der Waals surface area contributed by atoms with Crippen molar-refractivity contribution in [3.63, 3.8) is 0 Å². The second-order valence-corrected chi connectivity index (χ2v) is 7.07. The average Bonchev–Trinajstić information content (AvgIpc) is 2.48. The fourth-order valence-corrected chi connectivity index (χ4v) is 2.78. The fraction of sp³-hybridized carbons (Fsp3) is 0.526. The van der Waals surface area contributed by atoms with Gasteiger partial charge in [-0.05, 0) is 49.0 Å².